The molecule has 0 saturated heterocycles. The van der Waals surface area contributed by atoms with Crippen LogP contribution in [-0.2, 0) is 4.79 Å². The van der Waals surface area contributed by atoms with Crippen molar-refractivity contribution < 1.29 is 4.79 Å². The molecule has 0 spiro atoms. The Bertz CT molecular complexity index is 304. The van der Waals surface area contributed by atoms with Crippen LogP contribution in [0.4, 0.5) is 0 Å². The average molecular weight is 204 g/mol. The van der Waals surface area contributed by atoms with Crippen LogP contribution in [0.1, 0.15) is 39.0 Å². The Balaban J connectivity index is 1.78. The zero-order chi connectivity index (χ0) is 10.4. The molecule has 1 nitrogen and oxygen atoms in total. The molecule has 0 aromatic rings. The van der Waals surface area contributed by atoms with E-state index >= 15 is 0 Å². The minimum absolute atomic E-state index is 0.432. The molecular formula is C14H20O. The van der Waals surface area contributed by atoms with E-state index in [9.17, 15) is 4.79 Å². The molecule has 3 rings (SSSR count). The van der Waals surface area contributed by atoms with Crippen LogP contribution in [0.5, 0.6) is 0 Å². The van der Waals surface area contributed by atoms with Crippen LogP contribution >= 0.6 is 0 Å². The van der Waals surface area contributed by atoms with Crippen molar-refractivity contribution >= 4 is 5.78 Å². The summed E-state index contributed by atoms with van der Waals surface area (Å²) < 4.78 is 0. The lowest BCUT2D eigenvalue weighted by Gasteiger charge is -2.24. The standard InChI is InChI=1S/C14H20O/c1-2-3-4-9-8-12(15)14-11-6-5-10(7-11)13(9)14/h5-6,9-11,13-14H,2-4,7-8H2,1H3/t9-,10+,11-,13-,14-/m1/s1. The molecule has 0 aliphatic heterocycles. The van der Waals surface area contributed by atoms with Gasteiger partial charge in [-0.3, -0.25) is 4.79 Å². The van der Waals surface area contributed by atoms with Gasteiger partial charge in [-0.2, -0.15) is 0 Å². The molecule has 3 aliphatic carbocycles. The highest BCUT2D eigenvalue weighted by molar-refractivity contribution is 5.85. The summed E-state index contributed by atoms with van der Waals surface area (Å²) >= 11 is 0. The number of rotatable bonds is 3. The van der Waals surface area contributed by atoms with Crippen molar-refractivity contribution in [3.8, 4) is 0 Å². The van der Waals surface area contributed by atoms with Crippen LogP contribution in [0.15, 0.2) is 12.2 Å². The third kappa shape index (κ3) is 1.32. The van der Waals surface area contributed by atoms with Gasteiger partial charge in [0.1, 0.15) is 5.78 Å². The lowest BCUT2D eigenvalue weighted by atomic mass is 9.79. The molecule has 2 saturated carbocycles. The summed E-state index contributed by atoms with van der Waals surface area (Å²) in [5, 5.41) is 0. The first-order chi connectivity index (χ1) is 7.31. The smallest absolute Gasteiger partial charge is 0.137 e. The van der Waals surface area contributed by atoms with Crippen molar-refractivity contribution in [1.82, 2.24) is 0 Å². The topological polar surface area (TPSA) is 17.1 Å². The van der Waals surface area contributed by atoms with Crippen LogP contribution in [0.2, 0.25) is 0 Å². The molecule has 82 valence electrons. The molecule has 0 aromatic heterocycles. The third-order valence-corrected chi connectivity index (χ3v) is 4.83. The molecule has 0 unspecified atom stereocenters. The van der Waals surface area contributed by atoms with Gasteiger partial charge in [-0.05, 0) is 36.5 Å². The van der Waals surface area contributed by atoms with E-state index in [2.05, 4.69) is 19.1 Å². The Labute approximate surface area is 91.9 Å². The molecular weight excluding hydrogens is 184 g/mol. The molecule has 5 atom stereocenters. The number of ketones is 1. The fourth-order valence-electron chi connectivity index (χ4n) is 4.25. The molecule has 3 aliphatic rings. The molecule has 0 N–H and O–H groups in total. The molecule has 0 radical (unpaired) electrons. The van der Waals surface area contributed by atoms with Gasteiger partial charge in [0.05, 0.1) is 0 Å². The van der Waals surface area contributed by atoms with E-state index in [1.807, 2.05) is 0 Å². The highest BCUT2D eigenvalue weighted by Crippen LogP contribution is 2.57. The summed E-state index contributed by atoms with van der Waals surface area (Å²) in [6.45, 7) is 2.24. The zero-order valence-electron chi connectivity index (χ0n) is 9.49. The van der Waals surface area contributed by atoms with E-state index in [0.29, 0.717) is 17.6 Å². The van der Waals surface area contributed by atoms with Crippen molar-refractivity contribution in [2.45, 2.75) is 39.0 Å². The van der Waals surface area contributed by atoms with Crippen molar-refractivity contribution in [3.05, 3.63) is 12.2 Å². The average Bonchev–Trinajstić information content (AvgIpc) is 2.88. The van der Waals surface area contributed by atoms with E-state index in [1.165, 1.54) is 25.7 Å². The number of hydrogen-bond donors (Lipinski definition) is 0. The minimum Gasteiger partial charge on any atom is -0.299 e. The molecule has 0 amide bonds. The van der Waals surface area contributed by atoms with Gasteiger partial charge in [0, 0.05) is 12.3 Å². The normalized spacial score (nSPS) is 46.5. The maximum atomic E-state index is 12.0. The number of Topliss-reactive ketones (excluding diaryl/α,β-unsaturated/α-hetero) is 1. The van der Waals surface area contributed by atoms with Crippen LogP contribution in [-0.4, -0.2) is 5.78 Å². The lowest BCUT2D eigenvalue weighted by Crippen LogP contribution is -2.21. The van der Waals surface area contributed by atoms with Crippen LogP contribution in [0.25, 0.3) is 0 Å². The first-order valence-electron chi connectivity index (χ1n) is 6.52. The number of unbranched alkanes of at least 4 members (excludes halogenated alkanes) is 1. The molecule has 0 aromatic carbocycles. The largest absolute Gasteiger partial charge is 0.299 e. The van der Waals surface area contributed by atoms with Crippen LogP contribution < -0.4 is 0 Å². The van der Waals surface area contributed by atoms with Crippen molar-refractivity contribution in [2.24, 2.45) is 29.6 Å². The van der Waals surface area contributed by atoms with Gasteiger partial charge in [0.25, 0.3) is 0 Å². The summed E-state index contributed by atoms with van der Waals surface area (Å²) in [4.78, 5) is 12.0. The molecule has 2 bridgehead atoms. The summed E-state index contributed by atoms with van der Waals surface area (Å²) in [6, 6.07) is 0. The van der Waals surface area contributed by atoms with Crippen LogP contribution in [0, 0.1) is 29.6 Å². The van der Waals surface area contributed by atoms with Gasteiger partial charge in [-0.25, -0.2) is 0 Å². The van der Waals surface area contributed by atoms with Crippen molar-refractivity contribution in [1.29, 1.82) is 0 Å². The molecule has 0 heterocycles. The third-order valence-electron chi connectivity index (χ3n) is 4.83. The minimum atomic E-state index is 0.432. The number of fused-ring (bicyclic) bond motifs is 5. The number of carbonyl (C=O) groups is 1. The fourth-order valence-corrected chi connectivity index (χ4v) is 4.25. The number of hydrogen-bond acceptors (Lipinski definition) is 1. The Kier molecular flexibility index (Phi) is 2.22. The van der Waals surface area contributed by atoms with Crippen molar-refractivity contribution in [2.75, 3.05) is 0 Å². The monoisotopic (exact) mass is 204 g/mol. The van der Waals surface area contributed by atoms with Crippen LogP contribution in [0.3, 0.4) is 0 Å². The van der Waals surface area contributed by atoms with Gasteiger partial charge in [-0.15, -0.1) is 0 Å². The summed E-state index contributed by atoms with van der Waals surface area (Å²) in [6.07, 6.45) is 10.7. The van der Waals surface area contributed by atoms with Gasteiger partial charge in [-0.1, -0.05) is 31.9 Å². The maximum absolute atomic E-state index is 12.0. The first-order valence-corrected chi connectivity index (χ1v) is 6.52. The van der Waals surface area contributed by atoms with E-state index in [1.54, 1.807) is 0 Å². The molecule has 15 heavy (non-hydrogen) atoms. The summed E-state index contributed by atoms with van der Waals surface area (Å²) in [7, 11) is 0. The molecule has 2 fully saturated rings. The fraction of sp³-hybridized carbons (Fsp3) is 0.786. The highest BCUT2D eigenvalue weighted by atomic mass is 16.1. The van der Waals surface area contributed by atoms with Gasteiger partial charge in [0.15, 0.2) is 0 Å². The van der Waals surface area contributed by atoms with Gasteiger partial charge in [0.2, 0.25) is 0 Å². The van der Waals surface area contributed by atoms with Gasteiger partial charge < -0.3 is 0 Å². The quantitative estimate of drug-likeness (QED) is 0.645. The van der Waals surface area contributed by atoms with E-state index < -0.39 is 0 Å². The Morgan fingerprint density at radius 1 is 1.33 bits per heavy atom. The second-order valence-corrected chi connectivity index (χ2v) is 5.62. The second kappa shape index (κ2) is 3.47. The maximum Gasteiger partial charge on any atom is 0.137 e. The number of allylic oxidation sites excluding steroid dienone is 2. The SMILES string of the molecule is CCCC[C@@H]1CC(=O)[C@@H]2[C@H]1[C@H]1C=C[C@@H]2C1. The van der Waals surface area contributed by atoms with Crippen molar-refractivity contribution in [3.63, 3.8) is 0 Å². The predicted octanol–water partition coefficient (Wildman–Crippen LogP) is 3.20. The predicted molar refractivity (Wildman–Crippen MR) is 60.4 cm³/mol. The van der Waals surface area contributed by atoms with E-state index in [-0.39, 0.29) is 0 Å². The molecule has 1 heteroatoms. The van der Waals surface area contributed by atoms with Gasteiger partial charge >= 0.3 is 0 Å². The Morgan fingerprint density at radius 2 is 2.13 bits per heavy atom. The first kappa shape index (κ1) is 9.62. The second-order valence-electron chi connectivity index (χ2n) is 5.62. The zero-order valence-corrected chi connectivity index (χ0v) is 9.49. The Hall–Kier alpha value is -0.590. The highest BCUT2D eigenvalue weighted by Gasteiger charge is 2.54. The lowest BCUT2D eigenvalue weighted by molar-refractivity contribution is -0.121. The van der Waals surface area contributed by atoms with E-state index in [0.717, 1.165) is 24.2 Å². The van der Waals surface area contributed by atoms with E-state index in [4.69, 9.17) is 0 Å². The summed E-state index contributed by atoms with van der Waals surface area (Å²) in [5.41, 5.74) is 0. The number of carbonyl (C=O) groups excluding carboxylic acids is 1. The Morgan fingerprint density at radius 3 is 2.93 bits per heavy atom. The summed E-state index contributed by atoms with van der Waals surface area (Å²) in [5.74, 6) is 3.86.